The van der Waals surface area contributed by atoms with Crippen LogP contribution in [0.2, 0.25) is 0 Å². The molecule has 1 fully saturated rings. The Bertz CT molecular complexity index is 1810. The van der Waals surface area contributed by atoms with E-state index in [0.29, 0.717) is 17.2 Å². The van der Waals surface area contributed by atoms with E-state index in [1.165, 1.54) is 63.1 Å². The molecule has 1 aliphatic rings. The van der Waals surface area contributed by atoms with Crippen LogP contribution in [0.5, 0.6) is 0 Å². The predicted octanol–water partition coefficient (Wildman–Crippen LogP) is 10.3. The first-order valence-electron chi connectivity index (χ1n) is 16.6. The molecule has 0 bridgehead atoms. The van der Waals surface area contributed by atoms with Crippen LogP contribution in [0.4, 0.5) is 0 Å². The number of fused-ring (bicyclic) bond motifs is 2. The summed E-state index contributed by atoms with van der Waals surface area (Å²) in [7, 11) is -1.14. The molecule has 0 amide bonds. The number of hydrogen-bond donors (Lipinski definition) is 0. The quantitative estimate of drug-likeness (QED) is 0.155. The highest BCUT2D eigenvalue weighted by atomic mass is 31.1. The smallest absolute Gasteiger partial charge is 0.00939 e. The van der Waals surface area contributed by atoms with E-state index < -0.39 is 15.8 Å². The molecule has 1 saturated carbocycles. The molecule has 0 aliphatic heterocycles. The molecule has 2 heteroatoms. The standard InChI is InChI=1S/C43H44P2/c1-29-23-30(2)26-36(25-29)44(37-27-31(3)24-32(4)28-37)33(5)38-19-12-22-41(38)45(42-20-10-15-34-13-6-8-17-39(34)42)43-21-11-16-35-14-7-9-18-40(35)43/h6-11,13-18,20-21,23-28,33,38,41H,12,19,22H2,1-5H3. The summed E-state index contributed by atoms with van der Waals surface area (Å²) < 4.78 is 0. The van der Waals surface area contributed by atoms with E-state index in [0.717, 1.165) is 0 Å². The van der Waals surface area contributed by atoms with Crippen LogP contribution < -0.4 is 21.2 Å². The fourth-order valence-corrected chi connectivity index (χ4v) is 15.3. The van der Waals surface area contributed by atoms with Crippen molar-refractivity contribution < 1.29 is 0 Å². The maximum atomic E-state index is 2.61. The minimum Gasteiger partial charge on any atom is -0.0616 e. The van der Waals surface area contributed by atoms with Crippen molar-refractivity contribution in [2.75, 3.05) is 0 Å². The van der Waals surface area contributed by atoms with E-state index in [-0.39, 0.29) is 0 Å². The van der Waals surface area contributed by atoms with Crippen LogP contribution in [0, 0.1) is 33.6 Å². The summed E-state index contributed by atoms with van der Waals surface area (Å²) in [5.74, 6) is 0.654. The normalized spacial score (nSPS) is 17.5. The molecule has 3 unspecified atom stereocenters. The van der Waals surface area contributed by atoms with E-state index >= 15 is 0 Å². The lowest BCUT2D eigenvalue weighted by molar-refractivity contribution is 0.549. The summed E-state index contributed by atoms with van der Waals surface area (Å²) in [6, 6.07) is 47.0. The Labute approximate surface area is 272 Å². The molecular formula is C43H44P2. The zero-order chi connectivity index (χ0) is 31.1. The Kier molecular flexibility index (Phi) is 8.66. The van der Waals surface area contributed by atoms with Gasteiger partial charge in [0.05, 0.1) is 0 Å². The minimum atomic E-state index is -0.600. The molecule has 226 valence electrons. The van der Waals surface area contributed by atoms with Gasteiger partial charge in [-0.1, -0.05) is 157 Å². The second-order valence-corrected chi connectivity index (χ2v) is 18.3. The fourth-order valence-electron chi connectivity index (χ4n) is 8.17. The lowest BCUT2D eigenvalue weighted by Gasteiger charge is -2.38. The van der Waals surface area contributed by atoms with Crippen LogP contribution >= 0.6 is 15.8 Å². The van der Waals surface area contributed by atoms with Gasteiger partial charge in [-0.05, 0) is 116 Å². The van der Waals surface area contributed by atoms with E-state index in [9.17, 15) is 0 Å². The third kappa shape index (κ3) is 6.01. The molecule has 45 heavy (non-hydrogen) atoms. The molecule has 0 saturated heterocycles. The van der Waals surface area contributed by atoms with Gasteiger partial charge in [0.25, 0.3) is 0 Å². The summed E-state index contributed by atoms with van der Waals surface area (Å²) in [4.78, 5) is 0. The summed E-state index contributed by atoms with van der Waals surface area (Å²) in [6.45, 7) is 11.7. The third-order valence-electron chi connectivity index (χ3n) is 9.91. The topological polar surface area (TPSA) is 0 Å². The van der Waals surface area contributed by atoms with E-state index in [1.807, 2.05) is 0 Å². The van der Waals surface area contributed by atoms with Crippen molar-refractivity contribution in [3.05, 3.63) is 144 Å². The van der Waals surface area contributed by atoms with Gasteiger partial charge in [-0.3, -0.25) is 0 Å². The molecule has 6 aromatic carbocycles. The van der Waals surface area contributed by atoms with Crippen molar-refractivity contribution in [1.82, 2.24) is 0 Å². The summed E-state index contributed by atoms with van der Waals surface area (Å²) in [5.41, 5.74) is 6.73. The molecule has 0 aromatic heterocycles. The van der Waals surface area contributed by atoms with Gasteiger partial charge in [-0.15, -0.1) is 0 Å². The molecule has 0 radical (unpaired) electrons. The van der Waals surface area contributed by atoms with Crippen LogP contribution in [0.25, 0.3) is 21.5 Å². The number of aryl methyl sites for hydroxylation is 4. The first-order chi connectivity index (χ1) is 21.9. The highest BCUT2D eigenvalue weighted by Gasteiger charge is 2.42. The van der Waals surface area contributed by atoms with E-state index in [1.54, 1.807) is 21.2 Å². The third-order valence-corrected chi connectivity index (χ3v) is 15.9. The van der Waals surface area contributed by atoms with Gasteiger partial charge in [0.2, 0.25) is 0 Å². The molecule has 7 rings (SSSR count). The van der Waals surface area contributed by atoms with Crippen molar-refractivity contribution in [3.63, 3.8) is 0 Å². The Hall–Kier alpha value is -3.30. The number of rotatable bonds is 7. The van der Waals surface area contributed by atoms with Gasteiger partial charge in [0, 0.05) is 0 Å². The second kappa shape index (κ2) is 12.8. The van der Waals surface area contributed by atoms with E-state index in [2.05, 4.69) is 156 Å². The van der Waals surface area contributed by atoms with Gasteiger partial charge in [-0.25, -0.2) is 0 Å². The average Bonchev–Trinajstić information content (AvgIpc) is 3.50. The first kappa shape index (κ1) is 30.4. The summed E-state index contributed by atoms with van der Waals surface area (Å²) in [5, 5.41) is 11.8. The largest absolute Gasteiger partial charge is 0.0616 e. The maximum Gasteiger partial charge on any atom is -0.00939 e. The van der Waals surface area contributed by atoms with Crippen LogP contribution in [-0.2, 0) is 0 Å². The van der Waals surface area contributed by atoms with Gasteiger partial charge >= 0.3 is 0 Å². The molecule has 0 spiro atoms. The molecule has 1 aliphatic carbocycles. The Balaban J connectivity index is 1.41. The number of benzene rings is 6. The highest BCUT2D eigenvalue weighted by molar-refractivity contribution is 7.75. The van der Waals surface area contributed by atoms with Crippen molar-refractivity contribution in [2.24, 2.45) is 5.92 Å². The van der Waals surface area contributed by atoms with Gasteiger partial charge in [-0.2, -0.15) is 0 Å². The van der Waals surface area contributed by atoms with Crippen molar-refractivity contribution in [3.8, 4) is 0 Å². The highest BCUT2D eigenvalue weighted by Crippen LogP contribution is 2.57. The van der Waals surface area contributed by atoms with Crippen LogP contribution in [0.15, 0.2) is 121 Å². The fraction of sp³-hybridized carbons (Fsp3) is 0.256. The minimum absolute atomic E-state index is 0.536. The van der Waals surface area contributed by atoms with Gasteiger partial charge in [0.1, 0.15) is 0 Å². The summed E-state index contributed by atoms with van der Waals surface area (Å²) in [6.07, 6.45) is 3.93. The van der Waals surface area contributed by atoms with Gasteiger partial charge in [0.15, 0.2) is 0 Å². The zero-order valence-corrected chi connectivity index (χ0v) is 29.1. The van der Waals surface area contributed by atoms with Crippen molar-refractivity contribution >= 4 is 58.6 Å². The second-order valence-electron chi connectivity index (χ2n) is 13.3. The van der Waals surface area contributed by atoms with Gasteiger partial charge < -0.3 is 0 Å². The molecule has 6 aromatic rings. The van der Waals surface area contributed by atoms with Crippen molar-refractivity contribution in [2.45, 2.75) is 65.2 Å². The Morgan fingerprint density at radius 2 is 0.978 bits per heavy atom. The van der Waals surface area contributed by atoms with Crippen molar-refractivity contribution in [1.29, 1.82) is 0 Å². The monoisotopic (exact) mass is 622 g/mol. The predicted molar refractivity (Wildman–Crippen MR) is 203 cm³/mol. The SMILES string of the molecule is Cc1cc(C)cc(P(c2cc(C)cc(C)c2)C(C)C2CCCC2P(c2cccc3ccccc23)c2cccc3ccccc23)c1. The lowest BCUT2D eigenvalue weighted by atomic mass is 10.0. The Morgan fingerprint density at radius 1 is 0.533 bits per heavy atom. The maximum absolute atomic E-state index is 2.61. The van der Waals surface area contributed by atoms with E-state index in [4.69, 9.17) is 0 Å². The zero-order valence-electron chi connectivity index (χ0n) is 27.3. The molecule has 0 heterocycles. The number of hydrogen-bond acceptors (Lipinski definition) is 0. The molecule has 3 atom stereocenters. The summed E-state index contributed by atoms with van der Waals surface area (Å²) >= 11 is 0. The average molecular weight is 623 g/mol. The Morgan fingerprint density at radius 3 is 1.47 bits per heavy atom. The van der Waals surface area contributed by atoms with Crippen LogP contribution in [0.1, 0.15) is 48.4 Å². The molecule has 0 nitrogen and oxygen atoms in total. The first-order valence-corrected chi connectivity index (χ1v) is 19.4. The van der Waals surface area contributed by atoms with Crippen LogP contribution in [0.3, 0.4) is 0 Å². The molecular weight excluding hydrogens is 578 g/mol. The lowest BCUT2D eigenvalue weighted by Crippen LogP contribution is -2.33. The molecule has 0 N–H and O–H groups in total. The van der Waals surface area contributed by atoms with Crippen LogP contribution in [-0.4, -0.2) is 11.3 Å².